The summed E-state index contributed by atoms with van der Waals surface area (Å²) >= 11 is 0. The van der Waals surface area contributed by atoms with E-state index in [1.54, 1.807) is 48.5 Å². The predicted molar refractivity (Wildman–Crippen MR) is 508 cm³/mol. The number of hydrogen-bond donors (Lipinski definition) is 0. The number of fused-ring (bicyclic) bond motifs is 9. The molecule has 18 aromatic rings. The second kappa shape index (κ2) is 31.5. The van der Waals surface area contributed by atoms with E-state index in [9.17, 15) is 17.6 Å². The molecule has 127 heavy (non-hydrogen) atoms. The van der Waals surface area contributed by atoms with Crippen molar-refractivity contribution >= 4 is 80.4 Å². The van der Waals surface area contributed by atoms with Crippen molar-refractivity contribution in [2.45, 2.75) is 30.1 Å². The van der Waals surface area contributed by atoms with E-state index < -0.39 is 16.2 Å². The highest BCUT2D eigenvalue weighted by Crippen LogP contribution is 2.61. The van der Waals surface area contributed by atoms with Gasteiger partial charge in [0, 0.05) is 73.7 Å². The van der Waals surface area contributed by atoms with Crippen LogP contribution in [0.15, 0.2) is 426 Å². The number of nitrogens with zero attached hydrogens (tertiary/aromatic N) is 4. The van der Waals surface area contributed by atoms with Crippen LogP contribution in [0.2, 0.25) is 0 Å². The van der Waals surface area contributed by atoms with Crippen molar-refractivity contribution in [1.29, 1.82) is 0 Å². The van der Waals surface area contributed by atoms with E-state index in [1.807, 2.05) is 36.4 Å². The standard InChI is InChI=1S/C117H80F6N4/c1-5-75-15-27-81(28-16-75)116(83-31-35-85(118)36-32-83)109-13-9-7-11-103(109)107-69-65-101(73-113(107)116)126(97-59-43-89(122)44-60-97)93-51-23-79(24-52-93)77-19-47-91(48-20-77)124(95-55-39-87(120)40-56-95)99-63-67-105-106-68-64-100(72-112(106)115(3,4)111(105)71-99)125(96-57-41-88(121)42-58-96)92-49-21-78(22-50-92)80-25-53-94(54-26-80)127(98-61-45-90(123)46-62-98)102-66-70-108-104-12-8-10-14-110(104)117(114(108)74-102,84-33-37-86(119)38-34-84)82-29-17-76(6-2)18-30-82/h5-74H,1-2H2,3-4H3. The fourth-order valence-electron chi connectivity index (χ4n) is 19.9. The fourth-order valence-corrected chi connectivity index (χ4v) is 19.9. The van der Waals surface area contributed by atoms with Crippen LogP contribution in [-0.4, -0.2) is 0 Å². The Morgan fingerprint density at radius 1 is 0.197 bits per heavy atom. The molecule has 2 atom stereocenters. The van der Waals surface area contributed by atoms with Crippen LogP contribution < -0.4 is 19.6 Å². The smallest absolute Gasteiger partial charge is 0.123 e. The molecule has 0 amide bonds. The number of anilines is 12. The molecule has 0 saturated heterocycles. The first-order valence-corrected chi connectivity index (χ1v) is 42.4. The van der Waals surface area contributed by atoms with Crippen LogP contribution in [-0.2, 0) is 16.2 Å². The van der Waals surface area contributed by atoms with Crippen LogP contribution >= 0.6 is 0 Å². The highest BCUT2D eigenvalue weighted by atomic mass is 19.1. The molecule has 4 nitrogen and oxygen atoms in total. The summed E-state index contributed by atoms with van der Waals surface area (Å²) < 4.78 is 89.9. The molecule has 0 spiro atoms. The summed E-state index contributed by atoms with van der Waals surface area (Å²) in [6.45, 7) is 12.6. The molecule has 0 saturated carbocycles. The Morgan fingerprint density at radius 3 is 0.630 bits per heavy atom. The highest BCUT2D eigenvalue weighted by Gasteiger charge is 2.49. The summed E-state index contributed by atoms with van der Waals surface area (Å²) in [6.07, 6.45) is 3.66. The molecule has 3 aliphatic rings. The molecule has 18 aromatic carbocycles. The van der Waals surface area contributed by atoms with Crippen molar-refractivity contribution in [1.82, 2.24) is 0 Å². The van der Waals surface area contributed by atoms with Gasteiger partial charge in [-0.1, -0.05) is 233 Å². The summed E-state index contributed by atoms with van der Waals surface area (Å²) in [5.41, 5.74) is 30.4. The van der Waals surface area contributed by atoms with Crippen molar-refractivity contribution in [3.63, 3.8) is 0 Å². The maximum absolute atomic E-state index is 15.0. The lowest BCUT2D eigenvalue weighted by Crippen LogP contribution is -2.29. The first kappa shape index (κ1) is 78.5. The molecule has 0 aromatic heterocycles. The third-order valence-corrected chi connectivity index (χ3v) is 26.0. The zero-order chi connectivity index (χ0) is 86.4. The normalized spacial score (nSPS) is 14.6. The van der Waals surface area contributed by atoms with Gasteiger partial charge >= 0.3 is 0 Å². The molecule has 21 rings (SSSR count). The second-order valence-electron chi connectivity index (χ2n) is 33.2. The summed E-state index contributed by atoms with van der Waals surface area (Å²) in [5, 5.41) is 0. The van der Waals surface area contributed by atoms with Gasteiger partial charge in [0.25, 0.3) is 0 Å². The molecule has 2 unspecified atom stereocenters. The van der Waals surface area contributed by atoms with Crippen LogP contribution in [0.3, 0.4) is 0 Å². The van der Waals surface area contributed by atoms with Gasteiger partial charge in [-0.25, -0.2) is 26.3 Å². The average molecular weight is 1660 g/mol. The minimum atomic E-state index is -0.837. The quantitative estimate of drug-likeness (QED) is 0.0705. The van der Waals surface area contributed by atoms with E-state index in [0.717, 1.165) is 191 Å². The molecule has 10 heteroatoms. The molecule has 3 aliphatic carbocycles. The minimum Gasteiger partial charge on any atom is -0.310 e. The van der Waals surface area contributed by atoms with Crippen LogP contribution in [0.1, 0.15) is 80.6 Å². The molecule has 0 N–H and O–H groups in total. The maximum Gasteiger partial charge on any atom is 0.123 e. The van der Waals surface area contributed by atoms with Crippen LogP contribution in [0.4, 0.5) is 94.6 Å². The first-order chi connectivity index (χ1) is 62.0. The molecular weight excluding hydrogens is 1580 g/mol. The monoisotopic (exact) mass is 1650 g/mol. The van der Waals surface area contributed by atoms with Crippen LogP contribution in [0.5, 0.6) is 0 Å². The third-order valence-electron chi connectivity index (χ3n) is 26.0. The zero-order valence-corrected chi connectivity index (χ0v) is 69.4. The van der Waals surface area contributed by atoms with Gasteiger partial charge in [0.05, 0.1) is 10.8 Å². The van der Waals surface area contributed by atoms with Gasteiger partial charge in [0.2, 0.25) is 0 Å². The maximum atomic E-state index is 15.0. The molecule has 0 aliphatic heterocycles. The minimum absolute atomic E-state index is 0.323. The Kier molecular flexibility index (Phi) is 19.5. The Hall–Kier alpha value is -15.8. The molecular formula is C117H80F6N4. The third kappa shape index (κ3) is 13.4. The van der Waals surface area contributed by atoms with Gasteiger partial charge < -0.3 is 19.6 Å². The van der Waals surface area contributed by atoms with E-state index in [2.05, 4.69) is 314 Å². The zero-order valence-electron chi connectivity index (χ0n) is 69.4. The Bertz CT molecular complexity index is 6830. The molecule has 0 radical (unpaired) electrons. The lowest BCUT2D eigenvalue weighted by atomic mass is 9.67. The Labute approximate surface area is 734 Å². The molecule has 0 heterocycles. The molecule has 0 fully saturated rings. The summed E-state index contributed by atoms with van der Waals surface area (Å²) in [4.78, 5) is 8.60. The summed E-state index contributed by atoms with van der Waals surface area (Å²) in [5.74, 6) is -2.04. The SMILES string of the molecule is C=Cc1ccc(C2(c3ccc(F)cc3)c3ccccc3-c3ccc(N(c4ccc(F)cc4)c4ccc(-c5ccc(N(c6ccc(F)cc6)c6ccc7c(c6)C(C)(C)c6cc(N(c8ccc(F)cc8)c8ccc(-c9ccc(N(c%10ccc(F)cc%10)c%10ccc%11c(c%10)C(c%10ccc(F)cc%10)(c%10ccc(C=C)cc%10)c%10ccccc%10-%11)cc9)cc8)ccc6-7)cc5)cc4)cc32)cc1. The van der Waals surface area contributed by atoms with Gasteiger partial charge in [0.1, 0.15) is 34.9 Å². The van der Waals surface area contributed by atoms with Crippen LogP contribution in [0.25, 0.3) is 67.8 Å². The van der Waals surface area contributed by atoms with Gasteiger partial charge in [-0.05, 0) is 341 Å². The Balaban J connectivity index is 0.576. The number of benzene rings is 18. The van der Waals surface area contributed by atoms with E-state index in [1.165, 1.54) is 72.8 Å². The van der Waals surface area contributed by atoms with Crippen LogP contribution in [0, 0.1) is 34.9 Å². The van der Waals surface area contributed by atoms with E-state index in [0.29, 0.717) is 0 Å². The van der Waals surface area contributed by atoms with Gasteiger partial charge in [-0.3, -0.25) is 0 Å². The van der Waals surface area contributed by atoms with Gasteiger partial charge in [0.15, 0.2) is 0 Å². The van der Waals surface area contributed by atoms with Crippen molar-refractivity contribution in [2.24, 2.45) is 0 Å². The Morgan fingerprint density at radius 2 is 0.386 bits per heavy atom. The first-order valence-electron chi connectivity index (χ1n) is 42.4. The topological polar surface area (TPSA) is 13.0 Å². The number of halogens is 6. The van der Waals surface area contributed by atoms with E-state index in [4.69, 9.17) is 0 Å². The van der Waals surface area contributed by atoms with Crippen molar-refractivity contribution in [2.75, 3.05) is 19.6 Å². The van der Waals surface area contributed by atoms with Gasteiger partial charge in [-0.2, -0.15) is 0 Å². The van der Waals surface area contributed by atoms with E-state index in [-0.39, 0.29) is 34.9 Å². The fraction of sp³-hybridized carbons (Fsp3) is 0.0427. The molecule has 610 valence electrons. The lowest BCUT2D eigenvalue weighted by molar-refractivity contribution is 0.624. The van der Waals surface area contributed by atoms with Crippen molar-refractivity contribution in [3.8, 4) is 55.6 Å². The lowest BCUT2D eigenvalue weighted by Gasteiger charge is -2.35. The van der Waals surface area contributed by atoms with Crippen molar-refractivity contribution in [3.05, 3.63) is 527 Å². The summed E-state index contributed by atoms with van der Waals surface area (Å²) in [7, 11) is 0. The van der Waals surface area contributed by atoms with E-state index >= 15 is 8.78 Å². The van der Waals surface area contributed by atoms with Crippen molar-refractivity contribution < 1.29 is 26.3 Å². The number of rotatable bonds is 20. The predicted octanol–water partition coefficient (Wildman–Crippen LogP) is 32.1. The van der Waals surface area contributed by atoms with Gasteiger partial charge in [-0.15, -0.1) is 0 Å². The average Bonchev–Trinajstić information content (AvgIpc) is 1.54. The summed E-state index contributed by atoms with van der Waals surface area (Å²) in [6, 6.07) is 133. The highest BCUT2D eigenvalue weighted by molar-refractivity contribution is 5.95. The second-order valence-corrected chi connectivity index (χ2v) is 33.2. The number of hydrogen-bond acceptors (Lipinski definition) is 4. The molecule has 0 bridgehead atoms. The largest absolute Gasteiger partial charge is 0.310 e.